The maximum atomic E-state index is 12.3. The highest BCUT2D eigenvalue weighted by molar-refractivity contribution is 9.10. The molecule has 2 fully saturated rings. The van der Waals surface area contributed by atoms with Gasteiger partial charge in [0.15, 0.2) is 0 Å². The van der Waals surface area contributed by atoms with Gasteiger partial charge in [-0.05, 0) is 17.7 Å². The average Bonchev–Trinajstić information content (AvgIpc) is 2.51. The van der Waals surface area contributed by atoms with Crippen molar-refractivity contribution < 1.29 is 19.4 Å². The second kappa shape index (κ2) is 6.59. The SMILES string of the molecule is COCC(=O)N1CC(=O)N2[C@H](C1)[C@H](c1ccc(Br)cc1)[C@@H]2CO. The lowest BCUT2D eigenvalue weighted by atomic mass is 9.74. The molecule has 3 rings (SSSR count). The first-order valence-corrected chi connectivity index (χ1v) is 8.30. The molecule has 124 valence electrons. The highest BCUT2D eigenvalue weighted by Gasteiger charge is 2.54. The lowest BCUT2D eigenvalue weighted by Crippen LogP contribution is -2.73. The summed E-state index contributed by atoms with van der Waals surface area (Å²) in [6, 6.07) is 7.59. The van der Waals surface area contributed by atoms with Crippen LogP contribution in [0.1, 0.15) is 11.5 Å². The summed E-state index contributed by atoms with van der Waals surface area (Å²) in [7, 11) is 1.46. The fourth-order valence-corrected chi connectivity index (χ4v) is 3.85. The summed E-state index contributed by atoms with van der Waals surface area (Å²) >= 11 is 3.41. The van der Waals surface area contributed by atoms with Crippen LogP contribution in [0.5, 0.6) is 0 Å². The molecule has 7 heteroatoms. The number of fused-ring (bicyclic) bond motifs is 1. The van der Waals surface area contributed by atoms with Crippen LogP contribution in [-0.4, -0.2) is 72.2 Å². The van der Waals surface area contributed by atoms with Crippen LogP contribution >= 0.6 is 15.9 Å². The molecule has 0 unspecified atom stereocenters. The van der Waals surface area contributed by atoms with Crippen LogP contribution in [-0.2, 0) is 14.3 Å². The Morgan fingerprint density at radius 2 is 2.09 bits per heavy atom. The minimum atomic E-state index is -0.214. The third kappa shape index (κ3) is 2.88. The molecule has 1 aromatic carbocycles. The first kappa shape index (κ1) is 16.4. The number of methoxy groups -OCH3 is 1. The predicted octanol–water partition coefficient (Wildman–Crippen LogP) is 0.593. The molecule has 2 heterocycles. The zero-order valence-corrected chi connectivity index (χ0v) is 14.4. The van der Waals surface area contributed by atoms with Crippen molar-refractivity contribution in [2.75, 3.05) is 33.4 Å². The van der Waals surface area contributed by atoms with Crippen molar-refractivity contribution in [2.24, 2.45) is 0 Å². The van der Waals surface area contributed by atoms with Gasteiger partial charge >= 0.3 is 0 Å². The third-order valence-electron chi connectivity index (χ3n) is 4.63. The number of hydrogen-bond acceptors (Lipinski definition) is 4. The maximum Gasteiger partial charge on any atom is 0.249 e. The minimum absolute atomic E-state index is 0.0214. The first-order valence-electron chi connectivity index (χ1n) is 7.51. The number of rotatable bonds is 4. The molecule has 6 nitrogen and oxygen atoms in total. The zero-order chi connectivity index (χ0) is 16.6. The van der Waals surface area contributed by atoms with Gasteiger partial charge in [-0.1, -0.05) is 28.1 Å². The smallest absolute Gasteiger partial charge is 0.249 e. The van der Waals surface area contributed by atoms with E-state index in [0.717, 1.165) is 10.0 Å². The van der Waals surface area contributed by atoms with E-state index in [-0.39, 0.29) is 49.6 Å². The molecule has 0 aromatic heterocycles. The van der Waals surface area contributed by atoms with Crippen LogP contribution < -0.4 is 0 Å². The molecule has 0 spiro atoms. The summed E-state index contributed by atoms with van der Waals surface area (Å²) in [6.45, 7) is 0.439. The van der Waals surface area contributed by atoms with Crippen molar-refractivity contribution in [3.05, 3.63) is 34.3 Å². The Bertz CT molecular complexity index is 607. The number of aliphatic hydroxyl groups is 1. The number of hydrogen-bond donors (Lipinski definition) is 1. The molecule has 2 aliphatic heterocycles. The summed E-state index contributed by atoms with van der Waals surface area (Å²) in [5.74, 6) is -0.254. The van der Waals surface area contributed by atoms with Crippen LogP contribution in [0.2, 0.25) is 0 Å². The Hall–Kier alpha value is -1.44. The number of halogens is 1. The predicted molar refractivity (Wildman–Crippen MR) is 86.8 cm³/mol. The summed E-state index contributed by atoms with van der Waals surface area (Å²) in [4.78, 5) is 27.7. The van der Waals surface area contributed by atoms with Crippen LogP contribution in [0.25, 0.3) is 0 Å². The van der Waals surface area contributed by atoms with E-state index < -0.39 is 0 Å². The molecule has 1 aromatic rings. The summed E-state index contributed by atoms with van der Waals surface area (Å²) in [5.41, 5.74) is 1.07. The molecule has 0 saturated carbocycles. The van der Waals surface area contributed by atoms with Crippen LogP contribution in [0.15, 0.2) is 28.7 Å². The van der Waals surface area contributed by atoms with Crippen molar-refractivity contribution in [3.8, 4) is 0 Å². The van der Waals surface area contributed by atoms with E-state index in [1.165, 1.54) is 7.11 Å². The number of ether oxygens (including phenoxy) is 1. The first-order chi connectivity index (χ1) is 11.1. The standard InChI is InChI=1S/C16H19BrN2O4/c1-23-9-15(22)18-6-12-16(10-2-4-11(17)5-3-10)13(8-20)19(12)14(21)7-18/h2-5,12-13,16,20H,6-9H2,1H3/t12-,13+,16+/m1/s1. The van der Waals surface area contributed by atoms with Gasteiger partial charge in [-0.25, -0.2) is 0 Å². The number of aliphatic hydroxyl groups excluding tert-OH is 1. The van der Waals surface area contributed by atoms with E-state index in [9.17, 15) is 14.7 Å². The fourth-order valence-electron chi connectivity index (χ4n) is 3.59. The highest BCUT2D eigenvalue weighted by Crippen LogP contribution is 2.43. The Balaban J connectivity index is 1.82. The van der Waals surface area contributed by atoms with E-state index >= 15 is 0 Å². The van der Waals surface area contributed by atoms with Gasteiger partial charge in [-0.15, -0.1) is 0 Å². The second-order valence-electron chi connectivity index (χ2n) is 5.90. The van der Waals surface area contributed by atoms with E-state index in [1.807, 2.05) is 24.3 Å². The third-order valence-corrected chi connectivity index (χ3v) is 5.16. The van der Waals surface area contributed by atoms with Gasteiger partial charge in [0, 0.05) is 24.0 Å². The van der Waals surface area contributed by atoms with Gasteiger partial charge in [-0.2, -0.15) is 0 Å². The molecule has 0 bridgehead atoms. The van der Waals surface area contributed by atoms with Crippen molar-refractivity contribution >= 4 is 27.7 Å². The van der Waals surface area contributed by atoms with Crippen molar-refractivity contribution in [3.63, 3.8) is 0 Å². The Kier molecular flexibility index (Phi) is 4.70. The van der Waals surface area contributed by atoms with Gasteiger partial charge in [0.05, 0.1) is 25.2 Å². The Labute approximate surface area is 143 Å². The molecule has 1 N–H and O–H groups in total. The number of carbonyl (C=O) groups is 2. The Morgan fingerprint density at radius 1 is 1.39 bits per heavy atom. The lowest BCUT2D eigenvalue weighted by molar-refractivity contribution is -0.168. The number of nitrogens with zero attached hydrogens (tertiary/aromatic N) is 2. The fraction of sp³-hybridized carbons (Fsp3) is 0.500. The van der Waals surface area contributed by atoms with Crippen LogP contribution in [0.4, 0.5) is 0 Å². The largest absolute Gasteiger partial charge is 0.394 e. The summed E-state index contributed by atoms with van der Waals surface area (Å²) < 4.78 is 5.86. The van der Waals surface area contributed by atoms with Gasteiger partial charge in [0.1, 0.15) is 6.61 Å². The maximum absolute atomic E-state index is 12.3. The Morgan fingerprint density at radius 3 is 2.70 bits per heavy atom. The molecule has 2 saturated heterocycles. The molecule has 0 radical (unpaired) electrons. The highest BCUT2D eigenvalue weighted by atomic mass is 79.9. The average molecular weight is 383 g/mol. The minimum Gasteiger partial charge on any atom is -0.394 e. The van der Waals surface area contributed by atoms with Gasteiger partial charge in [0.2, 0.25) is 11.8 Å². The topological polar surface area (TPSA) is 70.1 Å². The quantitative estimate of drug-likeness (QED) is 0.827. The summed E-state index contributed by atoms with van der Waals surface area (Å²) in [5, 5.41) is 9.68. The molecular formula is C16H19BrN2O4. The summed E-state index contributed by atoms with van der Waals surface area (Å²) in [6.07, 6.45) is 0. The molecular weight excluding hydrogens is 364 g/mol. The van der Waals surface area contributed by atoms with E-state index in [4.69, 9.17) is 4.74 Å². The number of piperazine rings is 1. The monoisotopic (exact) mass is 382 g/mol. The second-order valence-corrected chi connectivity index (χ2v) is 6.82. The van der Waals surface area contributed by atoms with E-state index in [1.54, 1.807) is 9.80 Å². The van der Waals surface area contributed by atoms with Crippen LogP contribution in [0.3, 0.4) is 0 Å². The van der Waals surface area contributed by atoms with Crippen molar-refractivity contribution in [1.29, 1.82) is 0 Å². The van der Waals surface area contributed by atoms with Crippen molar-refractivity contribution in [2.45, 2.75) is 18.0 Å². The molecule has 0 aliphatic carbocycles. The van der Waals surface area contributed by atoms with E-state index in [0.29, 0.717) is 6.54 Å². The van der Waals surface area contributed by atoms with Crippen LogP contribution in [0, 0.1) is 0 Å². The zero-order valence-electron chi connectivity index (χ0n) is 12.8. The lowest BCUT2D eigenvalue weighted by Gasteiger charge is -2.58. The number of benzene rings is 1. The van der Waals surface area contributed by atoms with Crippen molar-refractivity contribution in [1.82, 2.24) is 9.80 Å². The molecule has 2 aliphatic rings. The van der Waals surface area contributed by atoms with Gasteiger partial charge in [0.25, 0.3) is 0 Å². The molecule has 23 heavy (non-hydrogen) atoms. The number of carbonyl (C=O) groups excluding carboxylic acids is 2. The van der Waals surface area contributed by atoms with Gasteiger partial charge < -0.3 is 19.6 Å². The molecule has 3 atom stereocenters. The molecule has 2 amide bonds. The van der Waals surface area contributed by atoms with Gasteiger partial charge in [-0.3, -0.25) is 9.59 Å². The van der Waals surface area contributed by atoms with E-state index in [2.05, 4.69) is 15.9 Å². The number of amides is 2. The normalized spacial score (nSPS) is 26.7.